The van der Waals surface area contributed by atoms with Gasteiger partial charge in [0.05, 0.1) is 6.04 Å². The summed E-state index contributed by atoms with van der Waals surface area (Å²) in [6, 6.07) is 7.93. The number of rotatable bonds is 4. The van der Waals surface area contributed by atoms with Gasteiger partial charge < -0.3 is 15.5 Å². The molecule has 104 valence electrons. The lowest BCUT2D eigenvalue weighted by Crippen LogP contribution is -2.39. The molecule has 0 saturated carbocycles. The van der Waals surface area contributed by atoms with E-state index in [4.69, 9.17) is 0 Å². The van der Waals surface area contributed by atoms with E-state index < -0.39 is 0 Å². The number of nitrogens with zero attached hydrogens (tertiary/aromatic N) is 1. The Hall–Kier alpha value is -1.39. The highest BCUT2D eigenvalue weighted by Crippen LogP contribution is 2.20. The van der Waals surface area contributed by atoms with Crippen molar-refractivity contribution in [2.75, 3.05) is 26.0 Å². The molecule has 0 bridgehead atoms. The van der Waals surface area contributed by atoms with Gasteiger partial charge in [0.15, 0.2) is 0 Å². The number of anilines is 1. The van der Waals surface area contributed by atoms with E-state index in [1.807, 2.05) is 32.3 Å². The zero-order valence-corrected chi connectivity index (χ0v) is 11.9. The Labute approximate surface area is 115 Å². The monoisotopic (exact) mass is 261 g/mol. The second-order valence-electron chi connectivity index (χ2n) is 5.58. The molecular weight excluding hydrogens is 238 g/mol. The Morgan fingerprint density at radius 2 is 2.16 bits per heavy atom. The Morgan fingerprint density at radius 3 is 2.79 bits per heavy atom. The van der Waals surface area contributed by atoms with Crippen molar-refractivity contribution in [1.82, 2.24) is 10.2 Å². The maximum Gasteiger partial charge on any atom is 0.241 e. The van der Waals surface area contributed by atoms with Crippen molar-refractivity contribution in [2.45, 2.75) is 25.9 Å². The van der Waals surface area contributed by atoms with Crippen LogP contribution in [0.2, 0.25) is 0 Å². The number of hydrogen-bond acceptors (Lipinski definition) is 3. The molecule has 1 saturated heterocycles. The summed E-state index contributed by atoms with van der Waals surface area (Å²) < 4.78 is 0. The molecule has 1 aliphatic rings. The van der Waals surface area contributed by atoms with E-state index in [1.54, 1.807) is 0 Å². The standard InChI is InChI=1S/C15H23N3O/c1-11-8-9-16-14(11)15(19)17-13-7-5-4-6-12(13)10-18(2)3/h4-7,11,14,16H,8-10H2,1-3H3,(H,17,19). The minimum atomic E-state index is -0.0626. The van der Waals surface area contributed by atoms with E-state index >= 15 is 0 Å². The SMILES string of the molecule is CC1CCNC1C(=O)Nc1ccccc1CN(C)C. The summed E-state index contributed by atoms with van der Waals surface area (Å²) in [6.45, 7) is 3.87. The maximum absolute atomic E-state index is 12.3. The maximum atomic E-state index is 12.3. The minimum Gasteiger partial charge on any atom is -0.324 e. The lowest BCUT2D eigenvalue weighted by Gasteiger charge is -2.18. The Morgan fingerprint density at radius 1 is 1.42 bits per heavy atom. The molecule has 0 radical (unpaired) electrons. The van der Waals surface area contributed by atoms with Crippen LogP contribution in [0.5, 0.6) is 0 Å². The van der Waals surface area contributed by atoms with E-state index in [9.17, 15) is 4.79 Å². The van der Waals surface area contributed by atoms with E-state index in [1.165, 1.54) is 0 Å². The summed E-state index contributed by atoms with van der Waals surface area (Å²) in [5.41, 5.74) is 2.06. The first kappa shape index (κ1) is 14.0. The van der Waals surface area contributed by atoms with Gasteiger partial charge in [0, 0.05) is 12.2 Å². The summed E-state index contributed by atoms with van der Waals surface area (Å²) in [5.74, 6) is 0.484. The Bertz CT molecular complexity index is 445. The highest BCUT2D eigenvalue weighted by atomic mass is 16.2. The average molecular weight is 261 g/mol. The zero-order valence-electron chi connectivity index (χ0n) is 11.9. The molecule has 0 aromatic heterocycles. The number of benzene rings is 1. The van der Waals surface area contributed by atoms with Crippen LogP contribution in [-0.4, -0.2) is 37.5 Å². The van der Waals surface area contributed by atoms with Crippen molar-refractivity contribution in [3.63, 3.8) is 0 Å². The molecule has 2 atom stereocenters. The quantitative estimate of drug-likeness (QED) is 0.867. The first-order valence-electron chi connectivity index (χ1n) is 6.85. The van der Waals surface area contributed by atoms with E-state index in [2.05, 4.69) is 28.5 Å². The third-order valence-electron chi connectivity index (χ3n) is 3.58. The summed E-state index contributed by atoms with van der Waals surface area (Å²) in [7, 11) is 4.05. The molecule has 2 unspecified atom stereocenters. The van der Waals surface area contributed by atoms with Crippen molar-refractivity contribution in [1.29, 1.82) is 0 Å². The molecule has 2 N–H and O–H groups in total. The summed E-state index contributed by atoms with van der Waals surface area (Å²) in [5, 5.41) is 6.32. The van der Waals surface area contributed by atoms with Crippen LogP contribution in [0, 0.1) is 5.92 Å². The molecule has 1 amide bonds. The average Bonchev–Trinajstić information content (AvgIpc) is 2.77. The van der Waals surface area contributed by atoms with Crippen molar-refractivity contribution in [2.24, 2.45) is 5.92 Å². The van der Waals surface area contributed by atoms with Gasteiger partial charge >= 0.3 is 0 Å². The predicted molar refractivity (Wildman–Crippen MR) is 78.0 cm³/mol. The second kappa shape index (κ2) is 6.17. The molecule has 1 aromatic carbocycles. The smallest absolute Gasteiger partial charge is 0.241 e. The van der Waals surface area contributed by atoms with Gasteiger partial charge in [-0.15, -0.1) is 0 Å². The molecule has 1 fully saturated rings. The summed E-state index contributed by atoms with van der Waals surface area (Å²) in [6.07, 6.45) is 1.07. The normalized spacial score (nSPS) is 22.7. The molecule has 4 nitrogen and oxygen atoms in total. The van der Waals surface area contributed by atoms with Crippen LogP contribution in [0.3, 0.4) is 0 Å². The number of amides is 1. The van der Waals surface area contributed by atoms with Gasteiger partial charge in [-0.05, 0) is 44.6 Å². The summed E-state index contributed by atoms with van der Waals surface area (Å²) >= 11 is 0. The molecule has 1 aromatic rings. The lowest BCUT2D eigenvalue weighted by atomic mass is 10.0. The number of nitrogens with one attached hydrogen (secondary N) is 2. The van der Waals surface area contributed by atoms with Crippen molar-refractivity contribution in [3.05, 3.63) is 29.8 Å². The molecular formula is C15H23N3O. The van der Waals surface area contributed by atoms with Crippen LogP contribution in [0.4, 0.5) is 5.69 Å². The second-order valence-corrected chi connectivity index (χ2v) is 5.58. The van der Waals surface area contributed by atoms with Crippen molar-refractivity contribution >= 4 is 11.6 Å². The first-order chi connectivity index (χ1) is 9.08. The molecule has 2 rings (SSSR count). The topological polar surface area (TPSA) is 44.4 Å². The molecule has 0 aliphatic carbocycles. The third-order valence-corrected chi connectivity index (χ3v) is 3.58. The molecule has 19 heavy (non-hydrogen) atoms. The number of para-hydroxylation sites is 1. The third kappa shape index (κ3) is 3.55. The first-order valence-corrected chi connectivity index (χ1v) is 6.85. The lowest BCUT2D eigenvalue weighted by molar-refractivity contribution is -0.118. The van der Waals surface area contributed by atoms with Crippen LogP contribution in [0.15, 0.2) is 24.3 Å². The zero-order chi connectivity index (χ0) is 13.8. The molecule has 4 heteroatoms. The van der Waals surface area contributed by atoms with Crippen LogP contribution in [0.25, 0.3) is 0 Å². The summed E-state index contributed by atoms with van der Waals surface area (Å²) in [4.78, 5) is 14.4. The van der Waals surface area contributed by atoms with Crippen molar-refractivity contribution < 1.29 is 4.79 Å². The number of carbonyl (C=O) groups excluding carboxylic acids is 1. The van der Waals surface area contributed by atoms with Crippen LogP contribution < -0.4 is 10.6 Å². The predicted octanol–water partition coefficient (Wildman–Crippen LogP) is 1.68. The Balaban J connectivity index is 2.08. The van der Waals surface area contributed by atoms with E-state index in [0.29, 0.717) is 5.92 Å². The van der Waals surface area contributed by atoms with Gasteiger partial charge in [0.25, 0.3) is 0 Å². The number of hydrogen-bond donors (Lipinski definition) is 2. The van der Waals surface area contributed by atoms with Gasteiger partial charge in [0.1, 0.15) is 0 Å². The van der Waals surface area contributed by atoms with Gasteiger partial charge in [-0.3, -0.25) is 4.79 Å². The Kier molecular flexibility index (Phi) is 4.56. The number of carbonyl (C=O) groups is 1. The van der Waals surface area contributed by atoms with Gasteiger partial charge in [-0.1, -0.05) is 25.1 Å². The molecule has 0 spiro atoms. The largest absolute Gasteiger partial charge is 0.324 e. The van der Waals surface area contributed by atoms with Crippen LogP contribution in [-0.2, 0) is 11.3 Å². The van der Waals surface area contributed by atoms with Gasteiger partial charge in [0.2, 0.25) is 5.91 Å². The van der Waals surface area contributed by atoms with Crippen LogP contribution >= 0.6 is 0 Å². The fourth-order valence-electron chi connectivity index (χ4n) is 2.52. The highest BCUT2D eigenvalue weighted by Gasteiger charge is 2.29. The van der Waals surface area contributed by atoms with E-state index in [-0.39, 0.29) is 11.9 Å². The van der Waals surface area contributed by atoms with Gasteiger partial charge in [-0.2, -0.15) is 0 Å². The molecule has 1 aliphatic heterocycles. The fourth-order valence-corrected chi connectivity index (χ4v) is 2.52. The highest BCUT2D eigenvalue weighted by molar-refractivity contribution is 5.95. The van der Waals surface area contributed by atoms with E-state index in [0.717, 1.165) is 30.8 Å². The molecule has 1 heterocycles. The van der Waals surface area contributed by atoms with Crippen LogP contribution in [0.1, 0.15) is 18.9 Å². The van der Waals surface area contributed by atoms with Crippen molar-refractivity contribution in [3.8, 4) is 0 Å². The fraction of sp³-hybridized carbons (Fsp3) is 0.533. The minimum absolute atomic E-state index is 0.0626. The van der Waals surface area contributed by atoms with Gasteiger partial charge in [-0.25, -0.2) is 0 Å².